The quantitative estimate of drug-likeness (QED) is 0.879. The molecule has 2 aliphatic heterocycles. The zero-order valence-corrected chi connectivity index (χ0v) is 11.4. The molecule has 0 saturated carbocycles. The van der Waals surface area contributed by atoms with Gasteiger partial charge in [-0.1, -0.05) is 6.07 Å². The summed E-state index contributed by atoms with van der Waals surface area (Å²) < 4.78 is 0. The van der Waals surface area contributed by atoms with Crippen LogP contribution in [-0.2, 0) is 16.0 Å². The van der Waals surface area contributed by atoms with Gasteiger partial charge >= 0.3 is 0 Å². The molecule has 0 aromatic heterocycles. The normalized spacial score (nSPS) is 18.5. The standard InChI is InChI=1S/C15H19N3O2/c19-14-7-6-11-12(16-14)4-3-5-13(11)17-15(20)10-18-8-1-2-9-18/h3-5H,1-2,6-10H2,(H,16,19)(H,17,20). The van der Waals surface area contributed by atoms with Gasteiger partial charge in [-0.05, 0) is 50.0 Å². The van der Waals surface area contributed by atoms with E-state index in [1.807, 2.05) is 18.2 Å². The van der Waals surface area contributed by atoms with Gasteiger partial charge in [-0.2, -0.15) is 0 Å². The molecule has 0 unspecified atom stereocenters. The molecule has 3 rings (SSSR count). The molecule has 2 heterocycles. The molecule has 1 aromatic carbocycles. The molecule has 0 spiro atoms. The number of nitrogens with zero attached hydrogens (tertiary/aromatic N) is 1. The van der Waals surface area contributed by atoms with Crippen molar-refractivity contribution in [3.05, 3.63) is 23.8 Å². The molecule has 0 aliphatic carbocycles. The minimum absolute atomic E-state index is 0.0252. The number of likely N-dealkylation sites (tertiary alicyclic amines) is 1. The van der Waals surface area contributed by atoms with Gasteiger partial charge in [0.15, 0.2) is 0 Å². The highest BCUT2D eigenvalue weighted by molar-refractivity contribution is 5.98. The zero-order chi connectivity index (χ0) is 13.9. The van der Waals surface area contributed by atoms with Crippen LogP contribution in [0.2, 0.25) is 0 Å². The highest BCUT2D eigenvalue weighted by Gasteiger charge is 2.20. The van der Waals surface area contributed by atoms with Crippen LogP contribution in [0.15, 0.2) is 18.2 Å². The van der Waals surface area contributed by atoms with Gasteiger partial charge in [0.2, 0.25) is 11.8 Å². The summed E-state index contributed by atoms with van der Waals surface area (Å²) in [6.45, 7) is 2.47. The molecule has 0 atom stereocenters. The van der Waals surface area contributed by atoms with E-state index in [4.69, 9.17) is 0 Å². The Morgan fingerprint density at radius 3 is 2.85 bits per heavy atom. The van der Waals surface area contributed by atoms with Gasteiger partial charge < -0.3 is 10.6 Å². The number of rotatable bonds is 3. The minimum atomic E-state index is 0.0252. The summed E-state index contributed by atoms with van der Waals surface area (Å²) >= 11 is 0. The van der Waals surface area contributed by atoms with Crippen molar-refractivity contribution in [2.24, 2.45) is 0 Å². The maximum Gasteiger partial charge on any atom is 0.238 e. The fourth-order valence-electron chi connectivity index (χ4n) is 2.88. The van der Waals surface area contributed by atoms with E-state index in [1.165, 1.54) is 12.8 Å². The maximum absolute atomic E-state index is 12.1. The molecule has 20 heavy (non-hydrogen) atoms. The van der Waals surface area contributed by atoms with Gasteiger partial charge in [0, 0.05) is 17.8 Å². The van der Waals surface area contributed by atoms with Crippen LogP contribution in [0.25, 0.3) is 0 Å². The Labute approximate surface area is 118 Å². The van der Waals surface area contributed by atoms with E-state index in [0.29, 0.717) is 19.4 Å². The summed E-state index contributed by atoms with van der Waals surface area (Å²) in [4.78, 5) is 25.6. The monoisotopic (exact) mass is 273 g/mol. The summed E-state index contributed by atoms with van der Waals surface area (Å²) in [5, 5.41) is 5.83. The van der Waals surface area contributed by atoms with Crippen molar-refractivity contribution in [2.45, 2.75) is 25.7 Å². The van der Waals surface area contributed by atoms with E-state index >= 15 is 0 Å². The first-order valence-corrected chi connectivity index (χ1v) is 7.16. The van der Waals surface area contributed by atoms with Crippen LogP contribution in [0.3, 0.4) is 0 Å². The Kier molecular flexibility index (Phi) is 3.69. The number of hydrogen-bond donors (Lipinski definition) is 2. The Balaban J connectivity index is 1.69. The first-order chi connectivity index (χ1) is 9.72. The van der Waals surface area contributed by atoms with E-state index in [-0.39, 0.29) is 11.8 Å². The topological polar surface area (TPSA) is 61.4 Å². The van der Waals surface area contributed by atoms with Crippen molar-refractivity contribution >= 4 is 23.2 Å². The highest BCUT2D eigenvalue weighted by Crippen LogP contribution is 2.29. The number of nitrogens with one attached hydrogen (secondary N) is 2. The van der Waals surface area contributed by atoms with Gasteiger partial charge in [0.1, 0.15) is 0 Å². The number of hydrogen-bond acceptors (Lipinski definition) is 3. The van der Waals surface area contributed by atoms with E-state index < -0.39 is 0 Å². The highest BCUT2D eigenvalue weighted by atomic mass is 16.2. The second-order valence-corrected chi connectivity index (χ2v) is 5.41. The van der Waals surface area contributed by atoms with Gasteiger partial charge in [0.05, 0.1) is 6.54 Å². The number of carbonyl (C=O) groups is 2. The van der Waals surface area contributed by atoms with Crippen LogP contribution < -0.4 is 10.6 Å². The van der Waals surface area contributed by atoms with Crippen molar-refractivity contribution in [2.75, 3.05) is 30.3 Å². The number of carbonyl (C=O) groups excluding carboxylic acids is 2. The third kappa shape index (κ3) is 2.82. The largest absolute Gasteiger partial charge is 0.326 e. The van der Waals surface area contributed by atoms with Crippen LogP contribution in [0.5, 0.6) is 0 Å². The molecule has 1 saturated heterocycles. The van der Waals surface area contributed by atoms with Crippen molar-refractivity contribution in [1.82, 2.24) is 4.90 Å². The third-order valence-electron chi connectivity index (χ3n) is 3.89. The number of amides is 2. The fraction of sp³-hybridized carbons (Fsp3) is 0.467. The summed E-state index contributed by atoms with van der Waals surface area (Å²) in [6.07, 6.45) is 3.52. The summed E-state index contributed by atoms with van der Waals surface area (Å²) in [5.74, 6) is 0.0650. The molecule has 2 aliphatic rings. The van der Waals surface area contributed by atoms with Crippen LogP contribution in [0.1, 0.15) is 24.8 Å². The molecule has 0 bridgehead atoms. The van der Waals surface area contributed by atoms with Crippen molar-refractivity contribution < 1.29 is 9.59 Å². The zero-order valence-electron chi connectivity index (χ0n) is 11.4. The van der Waals surface area contributed by atoms with Crippen LogP contribution in [-0.4, -0.2) is 36.3 Å². The van der Waals surface area contributed by atoms with Crippen LogP contribution >= 0.6 is 0 Å². The van der Waals surface area contributed by atoms with Crippen molar-refractivity contribution in [1.29, 1.82) is 0 Å². The molecule has 5 nitrogen and oxygen atoms in total. The number of benzene rings is 1. The maximum atomic E-state index is 12.1. The number of anilines is 2. The van der Waals surface area contributed by atoms with Crippen LogP contribution in [0, 0.1) is 0 Å². The third-order valence-corrected chi connectivity index (χ3v) is 3.89. The first-order valence-electron chi connectivity index (χ1n) is 7.16. The molecular formula is C15H19N3O2. The fourth-order valence-corrected chi connectivity index (χ4v) is 2.88. The van der Waals surface area contributed by atoms with Crippen molar-refractivity contribution in [3.8, 4) is 0 Å². The first kappa shape index (κ1) is 13.1. The lowest BCUT2D eigenvalue weighted by Gasteiger charge is -2.21. The molecule has 1 fully saturated rings. The average molecular weight is 273 g/mol. The molecule has 106 valence electrons. The van der Waals surface area contributed by atoms with Gasteiger partial charge in [-0.25, -0.2) is 0 Å². The predicted octanol–water partition coefficient (Wildman–Crippen LogP) is 1.61. The summed E-state index contributed by atoms with van der Waals surface area (Å²) in [6, 6.07) is 5.64. The minimum Gasteiger partial charge on any atom is -0.326 e. The second kappa shape index (κ2) is 5.63. The van der Waals surface area contributed by atoms with E-state index in [1.54, 1.807) is 0 Å². The predicted molar refractivity (Wildman–Crippen MR) is 77.7 cm³/mol. The lowest BCUT2D eigenvalue weighted by Crippen LogP contribution is -2.31. The van der Waals surface area contributed by atoms with Crippen molar-refractivity contribution in [3.63, 3.8) is 0 Å². The molecule has 5 heteroatoms. The lowest BCUT2D eigenvalue weighted by molar-refractivity contribution is -0.117. The Bertz CT molecular complexity index is 536. The number of fused-ring (bicyclic) bond motifs is 1. The van der Waals surface area contributed by atoms with E-state index in [0.717, 1.165) is 30.0 Å². The van der Waals surface area contributed by atoms with Gasteiger partial charge in [-0.3, -0.25) is 14.5 Å². The Morgan fingerprint density at radius 1 is 1.25 bits per heavy atom. The summed E-state index contributed by atoms with van der Waals surface area (Å²) in [7, 11) is 0. The lowest BCUT2D eigenvalue weighted by atomic mass is 10.0. The van der Waals surface area contributed by atoms with Gasteiger partial charge in [0.25, 0.3) is 0 Å². The SMILES string of the molecule is O=C1CCc2c(cccc2NC(=O)CN2CCCC2)N1. The molecule has 2 amide bonds. The molecule has 2 N–H and O–H groups in total. The Hall–Kier alpha value is -1.88. The van der Waals surface area contributed by atoms with E-state index in [9.17, 15) is 9.59 Å². The molecule has 1 aromatic rings. The smallest absolute Gasteiger partial charge is 0.238 e. The second-order valence-electron chi connectivity index (χ2n) is 5.41. The van der Waals surface area contributed by atoms with Crippen LogP contribution in [0.4, 0.5) is 11.4 Å². The average Bonchev–Trinajstić information content (AvgIpc) is 2.91. The molecule has 0 radical (unpaired) electrons. The van der Waals surface area contributed by atoms with E-state index in [2.05, 4.69) is 15.5 Å². The molecular weight excluding hydrogens is 254 g/mol. The van der Waals surface area contributed by atoms with Gasteiger partial charge in [-0.15, -0.1) is 0 Å². The Morgan fingerprint density at radius 2 is 2.05 bits per heavy atom. The summed E-state index contributed by atoms with van der Waals surface area (Å²) in [5.41, 5.74) is 2.67.